The monoisotopic (exact) mass is 308 g/mol. The molecule has 0 aromatic rings. The Hall–Kier alpha value is -0.160. The van der Waals surface area contributed by atoms with Gasteiger partial charge >= 0.3 is 0 Å². The van der Waals surface area contributed by atoms with Crippen LogP contribution in [0.1, 0.15) is 55.4 Å². The topological polar surface area (TPSA) is 53.1 Å². The van der Waals surface area contributed by atoms with E-state index in [1.165, 1.54) is 61.3 Å². The number of nitrogens with zero attached hydrogens (tertiary/aromatic N) is 2. The van der Waals surface area contributed by atoms with E-state index >= 15 is 0 Å². The molecule has 21 heavy (non-hydrogen) atoms. The fourth-order valence-electron chi connectivity index (χ4n) is 2.68. The van der Waals surface area contributed by atoms with Crippen molar-refractivity contribution in [2.24, 2.45) is 0 Å². The Balaban J connectivity index is -0.000000118. The van der Waals surface area contributed by atoms with E-state index < -0.39 is 0 Å². The third kappa shape index (κ3) is 11.1. The van der Waals surface area contributed by atoms with E-state index in [4.69, 9.17) is 5.11 Å². The van der Waals surface area contributed by atoms with Crippen LogP contribution in [0.3, 0.4) is 0 Å². The lowest BCUT2D eigenvalue weighted by Gasteiger charge is -2.34. The molecule has 0 unspecified atom stereocenters. The minimum atomic E-state index is 0. The van der Waals surface area contributed by atoms with E-state index in [1.54, 1.807) is 0 Å². The van der Waals surface area contributed by atoms with Crippen molar-refractivity contribution < 1.29 is 19.5 Å². The Kier molecular flexibility index (Phi) is 24.6. The highest BCUT2D eigenvalue weighted by Crippen LogP contribution is 2.03. The second-order valence-electron chi connectivity index (χ2n) is 5.21. The summed E-state index contributed by atoms with van der Waals surface area (Å²) in [5.41, 5.74) is 0. The summed E-state index contributed by atoms with van der Waals surface area (Å²) in [4.78, 5) is 0. The van der Waals surface area contributed by atoms with Crippen LogP contribution in [0.5, 0.6) is 0 Å². The first kappa shape index (κ1) is 28.9. The summed E-state index contributed by atoms with van der Waals surface area (Å²) in [5, 5.41) is 8.25. The zero-order chi connectivity index (χ0) is 16.7. The summed E-state index contributed by atoms with van der Waals surface area (Å²) in [6, 6.07) is 0. The van der Waals surface area contributed by atoms with Crippen LogP contribution in [0.25, 0.3) is 0 Å². The van der Waals surface area contributed by atoms with Gasteiger partial charge in [-0.15, -0.1) is 0 Å². The molecule has 0 atom stereocenters. The van der Waals surface area contributed by atoms with Crippen LogP contribution in [0.15, 0.2) is 0 Å². The van der Waals surface area contributed by atoms with Gasteiger partial charge in [-0.05, 0) is 55.4 Å². The molecule has 0 aromatic heterocycles. The molecule has 0 aliphatic carbocycles. The molecule has 4 nitrogen and oxygen atoms in total. The molecule has 0 aliphatic rings. The van der Waals surface area contributed by atoms with Crippen molar-refractivity contribution in [3.63, 3.8) is 0 Å². The Morgan fingerprint density at radius 3 is 0.524 bits per heavy atom. The number of rotatable bonds is 8. The van der Waals surface area contributed by atoms with Gasteiger partial charge in [0.05, 0.1) is 52.4 Å². The van der Waals surface area contributed by atoms with E-state index in [9.17, 15) is 0 Å². The van der Waals surface area contributed by atoms with Crippen LogP contribution in [-0.4, -0.2) is 73.9 Å². The molecule has 1 N–H and O–H groups in total. The largest absolute Gasteiger partial charge is 0.870 e. The molecule has 0 aromatic carbocycles. The van der Waals surface area contributed by atoms with Crippen LogP contribution in [0.2, 0.25) is 0 Å². The lowest BCUT2D eigenvalue weighted by Crippen LogP contribution is -2.47. The molecule has 0 rings (SSSR count). The van der Waals surface area contributed by atoms with E-state index in [2.05, 4.69) is 55.4 Å². The highest BCUT2D eigenvalue weighted by Gasteiger charge is 2.16. The molecule has 0 saturated carbocycles. The van der Waals surface area contributed by atoms with Gasteiger partial charge in [-0.25, -0.2) is 0 Å². The highest BCUT2D eigenvalue weighted by atomic mass is 16.2. The van der Waals surface area contributed by atoms with Gasteiger partial charge in [-0.2, -0.15) is 7.11 Å². The Bertz CT molecular complexity index is 125. The zero-order valence-electron chi connectivity index (χ0n) is 16.4. The fourth-order valence-corrected chi connectivity index (χ4v) is 2.68. The molecule has 0 radical (unpaired) electrons. The van der Waals surface area contributed by atoms with Crippen LogP contribution in [0, 0.1) is 0 Å². The zero-order valence-corrected chi connectivity index (χ0v) is 16.4. The minimum Gasteiger partial charge on any atom is -0.870 e. The predicted molar refractivity (Wildman–Crippen MR) is 92.7 cm³/mol. The maximum absolute atomic E-state index is 8.25. The SMILES string of the molecule is CC[N+](CC)(CC)CC.CC[N+](CC)(CC)CC.C[O-].[OH-]. The summed E-state index contributed by atoms with van der Waals surface area (Å²) < 4.78 is 2.56. The van der Waals surface area contributed by atoms with Gasteiger partial charge in [0.25, 0.3) is 0 Å². The third-order valence-corrected chi connectivity index (χ3v) is 5.37. The summed E-state index contributed by atoms with van der Waals surface area (Å²) in [7, 11) is 0.750. The second-order valence-corrected chi connectivity index (χ2v) is 5.21. The smallest absolute Gasteiger partial charge is 0.0757 e. The third-order valence-electron chi connectivity index (χ3n) is 5.37. The van der Waals surface area contributed by atoms with Crippen molar-refractivity contribution in [1.82, 2.24) is 0 Å². The van der Waals surface area contributed by atoms with E-state index in [0.717, 1.165) is 7.11 Å². The van der Waals surface area contributed by atoms with Gasteiger partial charge in [0.15, 0.2) is 0 Å². The lowest BCUT2D eigenvalue weighted by molar-refractivity contribution is -0.921. The van der Waals surface area contributed by atoms with Crippen molar-refractivity contribution in [1.29, 1.82) is 0 Å². The van der Waals surface area contributed by atoms with E-state index in [0.29, 0.717) is 0 Å². The second kappa shape index (κ2) is 17.9. The normalized spacial score (nSPS) is 10.6. The van der Waals surface area contributed by atoms with Crippen LogP contribution < -0.4 is 5.11 Å². The number of quaternary nitrogens is 2. The van der Waals surface area contributed by atoms with Crippen molar-refractivity contribution >= 4 is 0 Å². The molecule has 0 amide bonds. The molecule has 0 heterocycles. The van der Waals surface area contributed by atoms with Gasteiger partial charge < -0.3 is 19.5 Å². The Morgan fingerprint density at radius 2 is 0.524 bits per heavy atom. The van der Waals surface area contributed by atoms with Gasteiger partial charge in [-0.3, -0.25) is 0 Å². The van der Waals surface area contributed by atoms with Crippen molar-refractivity contribution in [2.75, 3.05) is 59.5 Å². The quantitative estimate of drug-likeness (QED) is 0.647. The first-order valence-corrected chi connectivity index (χ1v) is 8.59. The average Bonchev–Trinajstić information content (AvgIpc) is 2.55. The number of hydrogen-bond acceptors (Lipinski definition) is 2. The van der Waals surface area contributed by atoms with Crippen molar-refractivity contribution in [3.8, 4) is 0 Å². The number of hydrogen-bond donors (Lipinski definition) is 0. The van der Waals surface area contributed by atoms with Gasteiger partial charge in [-0.1, -0.05) is 0 Å². The lowest BCUT2D eigenvalue weighted by atomic mass is 10.3. The standard InChI is InChI=1S/2C8H20N.CH3O.H2O/c2*1-5-9(6-2,7-3)8-4;1-2;/h2*5-8H2,1-4H3;1H3;1H2/q2*+1;-1;/p-1. The fraction of sp³-hybridized carbons (Fsp3) is 1.00. The van der Waals surface area contributed by atoms with Crippen molar-refractivity contribution in [2.45, 2.75) is 55.4 Å². The molecule has 0 saturated heterocycles. The van der Waals surface area contributed by atoms with Crippen molar-refractivity contribution in [3.05, 3.63) is 0 Å². The first-order chi connectivity index (χ1) is 9.49. The van der Waals surface area contributed by atoms with Crippen LogP contribution >= 0.6 is 0 Å². The first-order valence-electron chi connectivity index (χ1n) is 8.59. The van der Waals surface area contributed by atoms with Crippen LogP contribution in [0.4, 0.5) is 0 Å². The minimum absolute atomic E-state index is 0. The molecule has 4 heteroatoms. The van der Waals surface area contributed by atoms with E-state index in [-0.39, 0.29) is 5.48 Å². The Morgan fingerprint density at radius 1 is 0.429 bits per heavy atom. The molecule has 0 bridgehead atoms. The molecule has 0 spiro atoms. The van der Waals surface area contributed by atoms with Gasteiger partial charge in [0.2, 0.25) is 0 Å². The molecular formula is C17H44N2O2. The predicted octanol–water partition coefficient (Wildman–Crippen LogP) is 2.57. The molecule has 134 valence electrons. The van der Waals surface area contributed by atoms with Crippen LogP contribution in [-0.2, 0) is 0 Å². The summed E-state index contributed by atoms with van der Waals surface area (Å²) in [5.74, 6) is 0. The van der Waals surface area contributed by atoms with Gasteiger partial charge in [0, 0.05) is 0 Å². The molecular weight excluding hydrogens is 264 g/mol. The van der Waals surface area contributed by atoms with E-state index in [1.807, 2.05) is 0 Å². The summed E-state index contributed by atoms with van der Waals surface area (Å²) in [6.45, 7) is 28.4. The van der Waals surface area contributed by atoms with Gasteiger partial charge in [0.1, 0.15) is 0 Å². The molecule has 0 aliphatic heterocycles. The maximum atomic E-state index is 8.25. The summed E-state index contributed by atoms with van der Waals surface area (Å²) in [6.07, 6.45) is 0. The molecule has 0 fully saturated rings. The summed E-state index contributed by atoms with van der Waals surface area (Å²) >= 11 is 0. The average molecular weight is 309 g/mol. The highest BCUT2D eigenvalue weighted by molar-refractivity contribution is 4.31. The Labute approximate surface area is 135 Å². The maximum Gasteiger partial charge on any atom is 0.0757 e.